The quantitative estimate of drug-likeness (QED) is 0.878. The molecule has 2 nitrogen and oxygen atoms in total. The number of likely N-dealkylation sites (N-methyl/N-ethyl adjacent to an activating group) is 1. The summed E-state index contributed by atoms with van der Waals surface area (Å²) in [4.78, 5) is 2.54. The lowest BCUT2D eigenvalue weighted by molar-refractivity contribution is 0.0826. The highest BCUT2D eigenvalue weighted by atomic mass is 19.1. The standard InChI is InChI=1S/C18H29FN2/c1-4-20-17(15-11-7-8-12-16(15)19)18(2,3)21-13-9-5-6-10-14-21/h7-8,11-12,17,20H,4-6,9-10,13-14H2,1-3H3. The second-order valence-corrected chi connectivity index (χ2v) is 6.57. The van der Waals surface area contributed by atoms with Crippen molar-refractivity contribution in [1.82, 2.24) is 10.2 Å². The van der Waals surface area contributed by atoms with Crippen molar-refractivity contribution in [1.29, 1.82) is 0 Å². The molecule has 1 saturated heterocycles. The van der Waals surface area contributed by atoms with Gasteiger partial charge in [0.1, 0.15) is 5.82 Å². The molecule has 3 heteroatoms. The molecule has 118 valence electrons. The summed E-state index contributed by atoms with van der Waals surface area (Å²) in [6.45, 7) is 9.66. The van der Waals surface area contributed by atoms with Gasteiger partial charge in [-0.1, -0.05) is 38.0 Å². The average molecular weight is 292 g/mol. The Morgan fingerprint density at radius 2 is 1.76 bits per heavy atom. The normalized spacial score (nSPS) is 19.2. The number of halogens is 1. The largest absolute Gasteiger partial charge is 0.309 e. The van der Waals surface area contributed by atoms with Gasteiger partial charge in [0.25, 0.3) is 0 Å². The average Bonchev–Trinajstić information content (AvgIpc) is 2.75. The number of benzene rings is 1. The van der Waals surface area contributed by atoms with E-state index in [2.05, 4.69) is 31.0 Å². The zero-order valence-corrected chi connectivity index (χ0v) is 13.7. The minimum Gasteiger partial charge on any atom is -0.309 e. The first kappa shape index (κ1) is 16.4. The first-order valence-electron chi connectivity index (χ1n) is 8.30. The molecule has 1 aromatic carbocycles. The van der Waals surface area contributed by atoms with Crippen molar-refractivity contribution in [2.45, 2.75) is 58.0 Å². The van der Waals surface area contributed by atoms with Crippen LogP contribution in [0.1, 0.15) is 58.1 Å². The molecule has 1 N–H and O–H groups in total. The zero-order chi connectivity index (χ0) is 15.3. The molecule has 1 heterocycles. The van der Waals surface area contributed by atoms with Crippen molar-refractivity contribution in [2.75, 3.05) is 19.6 Å². The number of hydrogen-bond acceptors (Lipinski definition) is 2. The van der Waals surface area contributed by atoms with Crippen LogP contribution >= 0.6 is 0 Å². The van der Waals surface area contributed by atoms with Crippen LogP contribution in [0, 0.1) is 5.82 Å². The fourth-order valence-corrected chi connectivity index (χ4v) is 3.48. The highest BCUT2D eigenvalue weighted by molar-refractivity contribution is 5.24. The Morgan fingerprint density at radius 1 is 1.14 bits per heavy atom. The van der Waals surface area contributed by atoms with Crippen LogP contribution in [0.2, 0.25) is 0 Å². The van der Waals surface area contributed by atoms with Gasteiger partial charge in [-0.3, -0.25) is 4.90 Å². The number of likely N-dealkylation sites (tertiary alicyclic amines) is 1. The van der Waals surface area contributed by atoms with Crippen molar-refractivity contribution < 1.29 is 4.39 Å². The first-order chi connectivity index (χ1) is 10.1. The Bertz CT molecular complexity index is 437. The Balaban J connectivity index is 2.28. The topological polar surface area (TPSA) is 15.3 Å². The Kier molecular flexibility index (Phi) is 5.77. The lowest BCUT2D eigenvalue weighted by atomic mass is 9.86. The Hall–Kier alpha value is -0.930. The summed E-state index contributed by atoms with van der Waals surface area (Å²) in [5, 5.41) is 3.52. The molecule has 1 aliphatic heterocycles. The van der Waals surface area contributed by atoms with Gasteiger partial charge < -0.3 is 5.32 Å². The van der Waals surface area contributed by atoms with Gasteiger partial charge in [0.2, 0.25) is 0 Å². The maximum absolute atomic E-state index is 14.3. The van der Waals surface area contributed by atoms with Gasteiger partial charge in [0, 0.05) is 11.1 Å². The Morgan fingerprint density at radius 3 is 2.33 bits per heavy atom. The van der Waals surface area contributed by atoms with Crippen LogP contribution in [0.25, 0.3) is 0 Å². The molecule has 0 radical (unpaired) electrons. The Labute approximate surface area is 128 Å². The van der Waals surface area contributed by atoms with Gasteiger partial charge in [0.05, 0.1) is 6.04 Å². The molecule has 1 fully saturated rings. The maximum atomic E-state index is 14.3. The molecule has 0 aromatic heterocycles. The molecule has 0 bridgehead atoms. The van der Waals surface area contributed by atoms with Gasteiger partial charge in [-0.25, -0.2) is 4.39 Å². The monoisotopic (exact) mass is 292 g/mol. The summed E-state index contributed by atoms with van der Waals surface area (Å²) < 4.78 is 14.3. The molecule has 21 heavy (non-hydrogen) atoms. The second-order valence-electron chi connectivity index (χ2n) is 6.57. The number of hydrogen-bond donors (Lipinski definition) is 1. The van der Waals surface area contributed by atoms with Crippen molar-refractivity contribution >= 4 is 0 Å². The fourth-order valence-electron chi connectivity index (χ4n) is 3.48. The second kappa shape index (κ2) is 7.37. The summed E-state index contributed by atoms with van der Waals surface area (Å²) in [5.41, 5.74) is 0.691. The zero-order valence-electron chi connectivity index (χ0n) is 13.7. The third kappa shape index (κ3) is 3.83. The van der Waals surface area contributed by atoms with Crippen molar-refractivity contribution in [3.8, 4) is 0 Å². The van der Waals surface area contributed by atoms with E-state index in [9.17, 15) is 4.39 Å². The van der Waals surface area contributed by atoms with Crippen LogP contribution < -0.4 is 5.32 Å². The molecular weight excluding hydrogens is 263 g/mol. The summed E-state index contributed by atoms with van der Waals surface area (Å²) >= 11 is 0. The predicted octanol–water partition coefficient (Wildman–Crippen LogP) is 4.13. The predicted molar refractivity (Wildman–Crippen MR) is 86.9 cm³/mol. The van der Waals surface area contributed by atoms with Gasteiger partial charge in [-0.2, -0.15) is 0 Å². The van der Waals surface area contributed by atoms with E-state index in [1.165, 1.54) is 25.7 Å². The highest BCUT2D eigenvalue weighted by Crippen LogP contribution is 2.34. The summed E-state index contributed by atoms with van der Waals surface area (Å²) in [6, 6.07) is 7.20. The number of rotatable bonds is 5. The van der Waals surface area contributed by atoms with E-state index in [0.29, 0.717) is 0 Å². The first-order valence-corrected chi connectivity index (χ1v) is 8.30. The molecule has 2 rings (SSSR count). The molecule has 0 saturated carbocycles. The van der Waals surface area contributed by atoms with Crippen LogP contribution in [0.4, 0.5) is 4.39 Å². The van der Waals surface area contributed by atoms with E-state index >= 15 is 0 Å². The van der Waals surface area contributed by atoms with Gasteiger partial charge >= 0.3 is 0 Å². The molecule has 1 atom stereocenters. The molecule has 0 amide bonds. The van der Waals surface area contributed by atoms with Gasteiger partial charge in [-0.15, -0.1) is 0 Å². The molecule has 1 aliphatic rings. The van der Waals surface area contributed by atoms with E-state index in [0.717, 1.165) is 25.2 Å². The van der Waals surface area contributed by atoms with Crippen LogP contribution in [0.15, 0.2) is 24.3 Å². The van der Waals surface area contributed by atoms with Crippen LogP contribution in [0.5, 0.6) is 0 Å². The van der Waals surface area contributed by atoms with Gasteiger partial charge in [-0.05, 0) is 52.4 Å². The van der Waals surface area contributed by atoms with Crippen LogP contribution in [0.3, 0.4) is 0 Å². The lowest BCUT2D eigenvalue weighted by Crippen LogP contribution is -2.53. The van der Waals surface area contributed by atoms with E-state index in [1.807, 2.05) is 12.1 Å². The summed E-state index contributed by atoms with van der Waals surface area (Å²) in [7, 11) is 0. The lowest BCUT2D eigenvalue weighted by Gasteiger charge is -2.44. The van der Waals surface area contributed by atoms with Gasteiger partial charge in [0.15, 0.2) is 0 Å². The van der Waals surface area contributed by atoms with E-state index in [-0.39, 0.29) is 17.4 Å². The maximum Gasteiger partial charge on any atom is 0.128 e. The molecular formula is C18H29FN2. The smallest absolute Gasteiger partial charge is 0.128 e. The SMILES string of the molecule is CCNC(c1ccccc1F)C(C)(C)N1CCCCCC1. The summed E-state index contributed by atoms with van der Waals surface area (Å²) in [5.74, 6) is -0.105. The highest BCUT2D eigenvalue weighted by Gasteiger charge is 2.37. The molecule has 0 spiro atoms. The van der Waals surface area contributed by atoms with Crippen LogP contribution in [-0.2, 0) is 0 Å². The van der Waals surface area contributed by atoms with E-state index in [1.54, 1.807) is 12.1 Å². The molecule has 0 aliphatic carbocycles. The number of nitrogens with zero attached hydrogens (tertiary/aromatic N) is 1. The third-order valence-electron chi connectivity index (χ3n) is 4.75. The molecule has 1 aromatic rings. The molecule has 1 unspecified atom stereocenters. The van der Waals surface area contributed by atoms with E-state index in [4.69, 9.17) is 0 Å². The summed E-state index contributed by atoms with van der Waals surface area (Å²) in [6.07, 6.45) is 5.13. The van der Waals surface area contributed by atoms with Crippen molar-refractivity contribution in [3.05, 3.63) is 35.6 Å². The fraction of sp³-hybridized carbons (Fsp3) is 0.667. The third-order valence-corrected chi connectivity index (χ3v) is 4.75. The van der Waals surface area contributed by atoms with Crippen molar-refractivity contribution in [2.24, 2.45) is 0 Å². The van der Waals surface area contributed by atoms with E-state index < -0.39 is 0 Å². The van der Waals surface area contributed by atoms with Crippen LogP contribution in [-0.4, -0.2) is 30.1 Å². The minimum atomic E-state index is -0.105. The van der Waals surface area contributed by atoms with Crippen molar-refractivity contribution in [3.63, 3.8) is 0 Å². The number of nitrogens with one attached hydrogen (secondary N) is 1. The minimum absolute atomic E-state index is 0.0156.